The molecular formula is C21H21N3O3. The number of hydrogen-bond acceptors (Lipinski definition) is 4. The number of nitrogens with zero attached hydrogens (tertiary/aromatic N) is 1. The van der Waals surface area contributed by atoms with E-state index in [1.54, 1.807) is 19.4 Å². The van der Waals surface area contributed by atoms with Gasteiger partial charge in [0.25, 0.3) is 5.91 Å². The molecule has 2 N–H and O–H groups in total. The molecule has 1 amide bonds. The molecule has 6 heteroatoms. The van der Waals surface area contributed by atoms with Crippen LogP contribution in [0, 0.1) is 0 Å². The Kier molecular flexibility index (Phi) is 5.89. The highest BCUT2D eigenvalue weighted by molar-refractivity contribution is 5.92. The predicted molar refractivity (Wildman–Crippen MR) is 106 cm³/mol. The molecule has 0 aliphatic carbocycles. The second-order valence-corrected chi connectivity index (χ2v) is 5.79. The summed E-state index contributed by atoms with van der Waals surface area (Å²) in [5.74, 6) is 0.863. The van der Waals surface area contributed by atoms with Crippen LogP contribution >= 0.6 is 0 Å². The van der Waals surface area contributed by atoms with Gasteiger partial charge in [-0.15, -0.1) is 0 Å². The molecule has 0 bridgehead atoms. The van der Waals surface area contributed by atoms with Crippen LogP contribution in [-0.4, -0.2) is 29.8 Å². The van der Waals surface area contributed by atoms with Crippen LogP contribution in [0.15, 0.2) is 60.8 Å². The van der Waals surface area contributed by atoms with E-state index in [2.05, 4.69) is 15.5 Å². The number of anilines is 1. The number of ether oxygens (including phenoxy) is 2. The zero-order chi connectivity index (χ0) is 19.1. The highest BCUT2D eigenvalue weighted by Crippen LogP contribution is 2.28. The first-order chi connectivity index (χ1) is 13.2. The number of nitrogens with one attached hydrogen (secondary N) is 2. The Morgan fingerprint density at radius 3 is 2.63 bits per heavy atom. The van der Waals surface area contributed by atoms with Gasteiger partial charge in [-0.25, -0.2) is 0 Å². The first-order valence-electron chi connectivity index (χ1n) is 8.53. The van der Waals surface area contributed by atoms with E-state index in [-0.39, 0.29) is 12.5 Å². The molecule has 3 rings (SSSR count). The minimum atomic E-state index is -0.246. The molecule has 0 spiro atoms. The van der Waals surface area contributed by atoms with Crippen molar-refractivity contribution in [2.45, 2.75) is 6.92 Å². The molecule has 0 unspecified atom stereocenters. The van der Waals surface area contributed by atoms with Gasteiger partial charge in [0.05, 0.1) is 12.8 Å². The highest BCUT2D eigenvalue weighted by Gasteiger charge is 2.09. The van der Waals surface area contributed by atoms with E-state index in [1.807, 2.05) is 61.5 Å². The zero-order valence-electron chi connectivity index (χ0n) is 15.2. The normalized spacial score (nSPS) is 10.7. The minimum absolute atomic E-state index is 0.110. The third kappa shape index (κ3) is 4.76. The molecule has 138 valence electrons. The Hall–Kier alpha value is -3.54. The van der Waals surface area contributed by atoms with Crippen LogP contribution in [-0.2, 0) is 4.79 Å². The summed E-state index contributed by atoms with van der Waals surface area (Å²) in [6, 6.07) is 14.9. The van der Waals surface area contributed by atoms with E-state index in [0.29, 0.717) is 17.2 Å². The first-order valence-corrected chi connectivity index (χ1v) is 8.53. The minimum Gasteiger partial charge on any atom is -0.493 e. The van der Waals surface area contributed by atoms with E-state index < -0.39 is 0 Å². The largest absolute Gasteiger partial charge is 0.493 e. The average molecular weight is 363 g/mol. The van der Waals surface area contributed by atoms with Crippen LogP contribution in [0.1, 0.15) is 12.5 Å². The van der Waals surface area contributed by atoms with Crippen molar-refractivity contribution in [1.29, 1.82) is 0 Å². The number of aromatic nitrogens is 2. The van der Waals surface area contributed by atoms with Crippen LogP contribution in [0.3, 0.4) is 0 Å². The number of hydrogen-bond donors (Lipinski definition) is 2. The quantitative estimate of drug-likeness (QED) is 0.662. The molecule has 0 aliphatic heterocycles. The fraction of sp³-hybridized carbons (Fsp3) is 0.143. The fourth-order valence-electron chi connectivity index (χ4n) is 2.59. The second kappa shape index (κ2) is 8.71. The number of benzene rings is 2. The lowest BCUT2D eigenvalue weighted by Crippen LogP contribution is -2.20. The summed E-state index contributed by atoms with van der Waals surface area (Å²) in [7, 11) is 1.57. The number of amides is 1. The molecule has 0 aliphatic rings. The Morgan fingerprint density at radius 2 is 1.96 bits per heavy atom. The number of carbonyl (C=O) groups excluding carboxylic acids is 1. The second-order valence-electron chi connectivity index (χ2n) is 5.79. The monoisotopic (exact) mass is 363 g/mol. The molecule has 1 aromatic heterocycles. The molecule has 6 nitrogen and oxygen atoms in total. The van der Waals surface area contributed by atoms with Crippen molar-refractivity contribution in [3.63, 3.8) is 0 Å². The maximum atomic E-state index is 12.2. The molecule has 0 fully saturated rings. The number of aromatic amines is 1. The van der Waals surface area contributed by atoms with Crippen molar-refractivity contribution < 1.29 is 14.3 Å². The predicted octanol–water partition coefficient (Wildman–Crippen LogP) is 4.14. The molecule has 0 atom stereocenters. The van der Waals surface area contributed by atoms with Gasteiger partial charge in [0.2, 0.25) is 0 Å². The number of carbonyl (C=O) groups is 1. The number of methoxy groups -OCH3 is 1. The van der Waals surface area contributed by atoms with Crippen LogP contribution in [0.2, 0.25) is 0 Å². The Bertz CT molecular complexity index is 916. The van der Waals surface area contributed by atoms with Gasteiger partial charge >= 0.3 is 0 Å². The maximum absolute atomic E-state index is 12.2. The van der Waals surface area contributed by atoms with Crippen molar-refractivity contribution in [3.8, 4) is 22.8 Å². The van der Waals surface area contributed by atoms with Gasteiger partial charge in [-0.05, 0) is 48.4 Å². The SMILES string of the molecule is C/C=C/c1ccc(OCC(=O)Nc2ccc(-c3ccn[nH]3)cc2)c(OC)c1. The summed E-state index contributed by atoms with van der Waals surface area (Å²) in [4.78, 5) is 12.2. The Balaban J connectivity index is 1.58. The van der Waals surface area contributed by atoms with Crippen molar-refractivity contribution in [2.24, 2.45) is 0 Å². The summed E-state index contributed by atoms with van der Waals surface area (Å²) in [6.45, 7) is 1.84. The van der Waals surface area contributed by atoms with Gasteiger partial charge in [0, 0.05) is 11.9 Å². The summed E-state index contributed by atoms with van der Waals surface area (Å²) in [6.07, 6.45) is 5.61. The smallest absolute Gasteiger partial charge is 0.262 e. The fourth-order valence-corrected chi connectivity index (χ4v) is 2.59. The van der Waals surface area contributed by atoms with Crippen molar-refractivity contribution in [3.05, 3.63) is 66.4 Å². The van der Waals surface area contributed by atoms with E-state index in [1.165, 1.54) is 0 Å². The van der Waals surface area contributed by atoms with Gasteiger partial charge in [0.15, 0.2) is 18.1 Å². The van der Waals surface area contributed by atoms with Gasteiger partial charge in [-0.2, -0.15) is 5.10 Å². The third-order valence-electron chi connectivity index (χ3n) is 3.89. The van der Waals surface area contributed by atoms with E-state index in [0.717, 1.165) is 16.8 Å². The van der Waals surface area contributed by atoms with E-state index in [9.17, 15) is 4.79 Å². The maximum Gasteiger partial charge on any atom is 0.262 e. The average Bonchev–Trinajstić information content (AvgIpc) is 3.22. The standard InChI is InChI=1S/C21H21N3O3/c1-3-4-15-5-10-19(20(13-15)26-2)27-14-21(25)23-17-8-6-16(7-9-17)18-11-12-22-24-18/h3-13H,14H2,1-2H3,(H,22,24)(H,23,25)/b4-3+. The van der Waals surface area contributed by atoms with Crippen LogP contribution in [0.25, 0.3) is 17.3 Å². The topological polar surface area (TPSA) is 76.2 Å². The van der Waals surface area contributed by atoms with Crippen molar-refractivity contribution >= 4 is 17.7 Å². The summed E-state index contributed by atoms with van der Waals surface area (Å²) in [5.41, 5.74) is 3.61. The van der Waals surface area contributed by atoms with Gasteiger partial charge in [0.1, 0.15) is 0 Å². The molecular weight excluding hydrogens is 342 g/mol. The summed E-state index contributed by atoms with van der Waals surface area (Å²) >= 11 is 0. The summed E-state index contributed by atoms with van der Waals surface area (Å²) < 4.78 is 10.9. The van der Waals surface area contributed by atoms with Crippen LogP contribution < -0.4 is 14.8 Å². The van der Waals surface area contributed by atoms with Gasteiger partial charge < -0.3 is 14.8 Å². The van der Waals surface area contributed by atoms with Gasteiger partial charge in [-0.3, -0.25) is 9.89 Å². The highest BCUT2D eigenvalue weighted by atomic mass is 16.5. The Labute approximate surface area is 157 Å². The summed E-state index contributed by atoms with van der Waals surface area (Å²) in [5, 5.41) is 9.64. The molecule has 0 saturated carbocycles. The first kappa shape index (κ1) is 18.3. The molecule has 2 aromatic carbocycles. The van der Waals surface area contributed by atoms with Crippen LogP contribution in [0.5, 0.6) is 11.5 Å². The van der Waals surface area contributed by atoms with Gasteiger partial charge in [-0.1, -0.05) is 30.4 Å². The lowest BCUT2D eigenvalue weighted by Gasteiger charge is -2.11. The molecule has 3 aromatic rings. The van der Waals surface area contributed by atoms with Crippen molar-refractivity contribution in [2.75, 3.05) is 19.0 Å². The number of rotatable bonds is 7. The lowest BCUT2D eigenvalue weighted by molar-refractivity contribution is -0.118. The molecule has 0 radical (unpaired) electrons. The molecule has 27 heavy (non-hydrogen) atoms. The third-order valence-corrected chi connectivity index (χ3v) is 3.89. The van der Waals surface area contributed by atoms with Crippen LogP contribution in [0.4, 0.5) is 5.69 Å². The Morgan fingerprint density at radius 1 is 1.15 bits per heavy atom. The molecule has 1 heterocycles. The number of H-pyrrole nitrogens is 1. The lowest BCUT2D eigenvalue weighted by atomic mass is 10.1. The number of allylic oxidation sites excluding steroid dienone is 1. The van der Waals surface area contributed by atoms with Crippen molar-refractivity contribution in [1.82, 2.24) is 10.2 Å². The molecule has 0 saturated heterocycles. The zero-order valence-corrected chi connectivity index (χ0v) is 15.2. The van der Waals surface area contributed by atoms with E-state index in [4.69, 9.17) is 9.47 Å². The van der Waals surface area contributed by atoms with E-state index >= 15 is 0 Å².